The number of hydrogen-bond donors (Lipinski definition) is 2. The predicted octanol–water partition coefficient (Wildman–Crippen LogP) is 2.15. The molecule has 1 fully saturated rings. The van der Waals surface area contributed by atoms with Crippen LogP contribution in [-0.2, 0) is 0 Å². The second-order valence-electron chi connectivity index (χ2n) is 5.15. The molecule has 0 saturated carbocycles. The highest BCUT2D eigenvalue weighted by Crippen LogP contribution is 2.27. The monoisotopic (exact) mass is 283 g/mol. The number of hydrogen-bond acceptors (Lipinski definition) is 3. The first kappa shape index (κ1) is 16.5. The topological polar surface area (TPSA) is 43.7 Å². The van der Waals surface area contributed by atoms with Crippen molar-refractivity contribution in [3.63, 3.8) is 0 Å². The van der Waals surface area contributed by atoms with Crippen LogP contribution in [-0.4, -0.2) is 41.7 Å². The Hall–Kier alpha value is -0.545. The normalized spacial score (nSPS) is 16.9. The quantitative estimate of drug-likeness (QED) is 0.814. The van der Waals surface area contributed by atoms with Gasteiger partial charge in [0.25, 0.3) is 0 Å². The van der Waals surface area contributed by atoms with Crippen molar-refractivity contribution in [2.45, 2.75) is 31.5 Å². The van der Waals surface area contributed by atoms with Gasteiger partial charge in [-0.3, -0.25) is 0 Å². The van der Waals surface area contributed by atoms with Crippen molar-refractivity contribution in [2.24, 2.45) is 0 Å². The van der Waals surface area contributed by atoms with E-state index in [1.165, 1.54) is 18.4 Å². The van der Waals surface area contributed by atoms with E-state index in [0.717, 1.165) is 26.1 Å². The Labute approximate surface area is 122 Å². The molecule has 0 aliphatic carbocycles. The lowest BCUT2D eigenvalue weighted by Crippen LogP contribution is -2.34. The molecule has 0 unspecified atom stereocenters. The van der Waals surface area contributed by atoms with Crippen molar-refractivity contribution in [1.82, 2.24) is 4.90 Å². The summed E-state index contributed by atoms with van der Waals surface area (Å²) in [5.74, 6) is 0.700. The van der Waals surface area contributed by atoms with Gasteiger partial charge >= 0.3 is 7.12 Å². The van der Waals surface area contributed by atoms with Crippen molar-refractivity contribution in [3.8, 4) is 0 Å². The molecule has 0 bridgehead atoms. The fourth-order valence-electron chi connectivity index (χ4n) is 2.71. The molecule has 5 heteroatoms. The highest BCUT2D eigenvalue weighted by atomic mass is 35.5. The molecule has 0 aromatic heterocycles. The van der Waals surface area contributed by atoms with Crippen LogP contribution in [0, 0.1) is 0 Å². The third kappa shape index (κ3) is 5.53. The van der Waals surface area contributed by atoms with E-state index in [-0.39, 0.29) is 12.4 Å². The molecule has 19 heavy (non-hydrogen) atoms. The zero-order valence-electron chi connectivity index (χ0n) is 11.2. The Kier molecular flexibility index (Phi) is 7.46. The van der Waals surface area contributed by atoms with E-state index in [4.69, 9.17) is 10.0 Å². The summed E-state index contributed by atoms with van der Waals surface area (Å²) in [6.07, 6.45) is 3.78. The molecule has 1 aromatic carbocycles. The van der Waals surface area contributed by atoms with Gasteiger partial charge in [0, 0.05) is 0 Å². The number of likely N-dealkylation sites (tertiary alicyclic amines) is 1. The zero-order valence-corrected chi connectivity index (χ0v) is 12.1. The van der Waals surface area contributed by atoms with Crippen LogP contribution in [0.1, 0.15) is 30.7 Å². The molecule has 0 atom stereocenters. The second kappa shape index (κ2) is 8.59. The fraction of sp³-hybridized carbons (Fsp3) is 0.571. The predicted molar refractivity (Wildman–Crippen MR) is 81.7 cm³/mol. The third-order valence-corrected chi connectivity index (χ3v) is 3.80. The Morgan fingerprint density at radius 3 is 2.32 bits per heavy atom. The van der Waals surface area contributed by atoms with Gasteiger partial charge in [0.05, 0.1) is 0 Å². The van der Waals surface area contributed by atoms with E-state index in [9.17, 15) is 0 Å². The average molecular weight is 284 g/mol. The number of rotatable bonds is 5. The summed E-state index contributed by atoms with van der Waals surface area (Å²) in [4.78, 5) is 2.43. The standard InChI is InChI=1S/C14H22BNO2.ClH/c17-15(18)9-4-10-16-11-7-14(8-12-16)13-5-2-1-3-6-13;/h1-3,5-6,14,17-18H,4,7-12H2;1H. The maximum absolute atomic E-state index is 8.81. The molecule has 2 rings (SSSR count). The van der Waals surface area contributed by atoms with E-state index >= 15 is 0 Å². The Balaban J connectivity index is 0.00000180. The van der Waals surface area contributed by atoms with Crippen LogP contribution in [0.25, 0.3) is 0 Å². The number of benzene rings is 1. The SMILES string of the molecule is Cl.OB(O)CCCN1CCC(c2ccccc2)CC1. The molecular weight excluding hydrogens is 260 g/mol. The number of nitrogens with zero attached hydrogens (tertiary/aromatic N) is 1. The molecular formula is C14H23BClNO2. The summed E-state index contributed by atoms with van der Waals surface area (Å²) in [6, 6.07) is 10.7. The molecule has 2 N–H and O–H groups in total. The summed E-state index contributed by atoms with van der Waals surface area (Å²) in [5, 5.41) is 17.6. The molecule has 0 radical (unpaired) electrons. The van der Waals surface area contributed by atoms with Crippen LogP contribution < -0.4 is 0 Å². The minimum atomic E-state index is -1.15. The Morgan fingerprint density at radius 1 is 1.11 bits per heavy atom. The minimum absolute atomic E-state index is 0. The first-order valence-corrected chi connectivity index (χ1v) is 6.89. The van der Waals surface area contributed by atoms with Crippen LogP contribution in [0.15, 0.2) is 30.3 Å². The number of piperidine rings is 1. The van der Waals surface area contributed by atoms with Gasteiger partial charge in [0.15, 0.2) is 0 Å². The Bertz CT molecular complexity index is 343. The lowest BCUT2D eigenvalue weighted by Gasteiger charge is -2.32. The van der Waals surface area contributed by atoms with Crippen molar-refractivity contribution in [1.29, 1.82) is 0 Å². The molecule has 1 aliphatic heterocycles. The van der Waals surface area contributed by atoms with E-state index in [0.29, 0.717) is 12.2 Å². The van der Waals surface area contributed by atoms with Gasteiger partial charge in [-0.1, -0.05) is 30.3 Å². The lowest BCUT2D eigenvalue weighted by atomic mass is 9.84. The Morgan fingerprint density at radius 2 is 1.74 bits per heavy atom. The van der Waals surface area contributed by atoms with E-state index in [2.05, 4.69) is 35.2 Å². The second-order valence-corrected chi connectivity index (χ2v) is 5.15. The van der Waals surface area contributed by atoms with E-state index < -0.39 is 7.12 Å². The highest BCUT2D eigenvalue weighted by Gasteiger charge is 2.20. The molecule has 106 valence electrons. The lowest BCUT2D eigenvalue weighted by molar-refractivity contribution is 0.211. The number of halogens is 1. The summed E-state index contributed by atoms with van der Waals surface area (Å²) < 4.78 is 0. The molecule has 3 nitrogen and oxygen atoms in total. The average Bonchev–Trinajstić information content (AvgIpc) is 2.40. The maximum Gasteiger partial charge on any atom is 0.451 e. The van der Waals surface area contributed by atoms with Gasteiger partial charge < -0.3 is 14.9 Å². The van der Waals surface area contributed by atoms with Crippen molar-refractivity contribution in [2.75, 3.05) is 19.6 Å². The smallest absolute Gasteiger partial charge is 0.427 e. The van der Waals surface area contributed by atoms with Gasteiger partial charge in [-0.2, -0.15) is 0 Å². The van der Waals surface area contributed by atoms with Crippen molar-refractivity contribution in [3.05, 3.63) is 35.9 Å². The minimum Gasteiger partial charge on any atom is -0.427 e. The molecule has 1 aromatic rings. The zero-order chi connectivity index (χ0) is 12.8. The molecule has 0 amide bonds. The van der Waals surface area contributed by atoms with E-state index in [1.807, 2.05) is 0 Å². The van der Waals surface area contributed by atoms with Gasteiger partial charge in [0.1, 0.15) is 0 Å². The first-order valence-electron chi connectivity index (χ1n) is 6.89. The van der Waals surface area contributed by atoms with Gasteiger partial charge in [-0.15, -0.1) is 12.4 Å². The molecule has 0 spiro atoms. The van der Waals surface area contributed by atoms with Crippen LogP contribution in [0.5, 0.6) is 0 Å². The summed E-state index contributed by atoms with van der Waals surface area (Å²) >= 11 is 0. The maximum atomic E-state index is 8.81. The van der Waals surface area contributed by atoms with Crippen molar-refractivity contribution < 1.29 is 10.0 Å². The van der Waals surface area contributed by atoms with E-state index in [1.54, 1.807) is 0 Å². The van der Waals surface area contributed by atoms with Crippen LogP contribution in [0.3, 0.4) is 0 Å². The van der Waals surface area contributed by atoms with Gasteiger partial charge in [0.2, 0.25) is 0 Å². The summed E-state index contributed by atoms with van der Waals surface area (Å²) in [5.41, 5.74) is 1.46. The fourth-order valence-corrected chi connectivity index (χ4v) is 2.71. The molecule has 1 saturated heterocycles. The van der Waals surface area contributed by atoms with Gasteiger partial charge in [-0.05, 0) is 56.7 Å². The summed E-state index contributed by atoms with van der Waals surface area (Å²) in [7, 11) is -1.15. The first-order chi connectivity index (χ1) is 8.75. The van der Waals surface area contributed by atoms with Crippen LogP contribution >= 0.6 is 12.4 Å². The van der Waals surface area contributed by atoms with Crippen molar-refractivity contribution >= 4 is 19.5 Å². The third-order valence-electron chi connectivity index (χ3n) is 3.80. The summed E-state index contributed by atoms with van der Waals surface area (Å²) in [6.45, 7) is 3.24. The van der Waals surface area contributed by atoms with Crippen LogP contribution in [0.2, 0.25) is 6.32 Å². The molecule has 1 aliphatic rings. The highest BCUT2D eigenvalue weighted by molar-refractivity contribution is 6.40. The van der Waals surface area contributed by atoms with Gasteiger partial charge in [-0.25, -0.2) is 0 Å². The largest absolute Gasteiger partial charge is 0.451 e. The molecule has 1 heterocycles. The van der Waals surface area contributed by atoms with Crippen LogP contribution in [0.4, 0.5) is 0 Å².